The maximum Gasteiger partial charge on any atom is 0.227 e. The third-order valence-corrected chi connectivity index (χ3v) is 3.06. The molecule has 0 bridgehead atoms. The lowest BCUT2D eigenvalue weighted by atomic mass is 10.3. The molecule has 4 nitrogen and oxygen atoms in total. The first-order valence-electron chi connectivity index (χ1n) is 6.78. The Labute approximate surface area is 128 Å². The Kier molecular flexibility index (Phi) is 6.16. The molecule has 0 N–H and O–H groups in total. The number of ether oxygens (including phenoxy) is 2. The third-order valence-electron chi connectivity index (χ3n) is 2.79. The van der Waals surface area contributed by atoms with Gasteiger partial charge in [-0.15, -0.1) is 11.6 Å². The van der Waals surface area contributed by atoms with E-state index in [-0.39, 0.29) is 17.1 Å². The van der Waals surface area contributed by atoms with E-state index in [4.69, 9.17) is 25.5 Å². The van der Waals surface area contributed by atoms with E-state index >= 15 is 0 Å². The molecule has 21 heavy (non-hydrogen) atoms. The number of hydrogen-bond donors (Lipinski definition) is 0. The first-order valence-corrected chi connectivity index (χ1v) is 7.31. The highest BCUT2D eigenvalue weighted by molar-refractivity contribution is 6.16. The van der Waals surface area contributed by atoms with Crippen molar-refractivity contribution in [2.75, 3.05) is 13.2 Å². The van der Waals surface area contributed by atoms with E-state index in [1.807, 2.05) is 30.3 Å². The van der Waals surface area contributed by atoms with E-state index in [1.54, 1.807) is 0 Å². The van der Waals surface area contributed by atoms with Crippen LogP contribution in [0.2, 0.25) is 0 Å². The van der Waals surface area contributed by atoms with E-state index in [0.717, 1.165) is 18.6 Å². The van der Waals surface area contributed by atoms with E-state index in [1.165, 1.54) is 12.3 Å². The summed E-state index contributed by atoms with van der Waals surface area (Å²) in [7, 11) is 0. The number of halogens is 1. The van der Waals surface area contributed by atoms with Crippen LogP contribution in [0.25, 0.3) is 0 Å². The number of rotatable bonds is 8. The average Bonchev–Trinajstić information content (AvgIpc) is 2.53. The van der Waals surface area contributed by atoms with Gasteiger partial charge in [-0.3, -0.25) is 4.79 Å². The summed E-state index contributed by atoms with van der Waals surface area (Å²) in [6.07, 6.45) is 2.95. The lowest BCUT2D eigenvalue weighted by Gasteiger charge is -2.07. The van der Waals surface area contributed by atoms with Crippen LogP contribution in [0.5, 0.6) is 11.5 Å². The molecule has 0 saturated carbocycles. The van der Waals surface area contributed by atoms with Crippen molar-refractivity contribution in [3.8, 4) is 11.5 Å². The van der Waals surface area contributed by atoms with Gasteiger partial charge in [-0.05, 0) is 25.0 Å². The number of alkyl halides is 1. The summed E-state index contributed by atoms with van der Waals surface area (Å²) in [6.45, 7) is 1.07. The number of unbranched alkanes of at least 4 members (excludes halogenated alkanes) is 1. The van der Waals surface area contributed by atoms with Gasteiger partial charge in [-0.1, -0.05) is 18.2 Å². The van der Waals surface area contributed by atoms with Gasteiger partial charge in [0.05, 0.1) is 19.1 Å². The second kappa shape index (κ2) is 8.37. The molecule has 2 aromatic rings. The number of para-hydroxylation sites is 1. The fraction of sp³-hybridized carbons (Fsp3) is 0.312. The van der Waals surface area contributed by atoms with Gasteiger partial charge < -0.3 is 13.9 Å². The summed E-state index contributed by atoms with van der Waals surface area (Å²) in [4.78, 5) is 11.6. The minimum atomic E-state index is -0.211. The Morgan fingerprint density at radius 3 is 2.43 bits per heavy atom. The van der Waals surface area contributed by atoms with Crippen LogP contribution < -0.4 is 14.9 Å². The zero-order valence-corrected chi connectivity index (χ0v) is 12.3. The van der Waals surface area contributed by atoms with Crippen molar-refractivity contribution in [1.82, 2.24) is 0 Å². The van der Waals surface area contributed by atoms with Crippen LogP contribution >= 0.6 is 11.6 Å². The molecule has 1 heterocycles. The molecule has 112 valence electrons. The monoisotopic (exact) mass is 308 g/mol. The minimum absolute atomic E-state index is 0.173. The molecule has 2 rings (SSSR count). The third kappa shape index (κ3) is 5.16. The number of hydrogen-bond acceptors (Lipinski definition) is 4. The van der Waals surface area contributed by atoms with Gasteiger partial charge in [0, 0.05) is 6.07 Å². The van der Waals surface area contributed by atoms with Crippen LogP contribution in [0.4, 0.5) is 0 Å². The lowest BCUT2D eigenvalue weighted by Crippen LogP contribution is -2.09. The van der Waals surface area contributed by atoms with Gasteiger partial charge in [0.25, 0.3) is 0 Å². The molecule has 0 fully saturated rings. The Morgan fingerprint density at radius 1 is 1.05 bits per heavy atom. The van der Waals surface area contributed by atoms with Gasteiger partial charge in [-0.25, -0.2) is 0 Å². The summed E-state index contributed by atoms with van der Waals surface area (Å²) in [5.74, 6) is 1.68. The predicted molar refractivity (Wildman–Crippen MR) is 81.2 cm³/mol. The molecule has 1 aromatic heterocycles. The average molecular weight is 309 g/mol. The molecule has 5 heteroatoms. The SMILES string of the molecule is O=c1cc(CCl)occ1OCCCCOc1ccccc1. The minimum Gasteiger partial charge on any atom is -0.494 e. The first kappa shape index (κ1) is 15.4. The molecule has 0 saturated heterocycles. The Morgan fingerprint density at radius 2 is 1.76 bits per heavy atom. The molecule has 0 aliphatic carbocycles. The van der Waals surface area contributed by atoms with Crippen LogP contribution in [0.15, 0.2) is 51.9 Å². The smallest absolute Gasteiger partial charge is 0.227 e. The van der Waals surface area contributed by atoms with Crippen molar-refractivity contribution in [3.63, 3.8) is 0 Å². The molecule has 0 amide bonds. The second-order valence-electron chi connectivity index (χ2n) is 4.43. The Hall–Kier alpha value is -1.94. The lowest BCUT2D eigenvalue weighted by molar-refractivity contribution is 0.260. The molecular weight excluding hydrogens is 292 g/mol. The van der Waals surface area contributed by atoms with Crippen molar-refractivity contribution in [1.29, 1.82) is 0 Å². The van der Waals surface area contributed by atoms with E-state index in [0.29, 0.717) is 19.0 Å². The molecule has 0 spiro atoms. The highest BCUT2D eigenvalue weighted by Gasteiger charge is 2.03. The highest BCUT2D eigenvalue weighted by Crippen LogP contribution is 2.10. The van der Waals surface area contributed by atoms with Gasteiger partial charge >= 0.3 is 0 Å². The quantitative estimate of drug-likeness (QED) is 0.552. The molecule has 0 unspecified atom stereocenters. The molecule has 0 radical (unpaired) electrons. The van der Waals surface area contributed by atoms with Gasteiger partial charge in [0.1, 0.15) is 17.8 Å². The summed E-state index contributed by atoms with van der Waals surface area (Å²) in [5.41, 5.74) is -0.211. The van der Waals surface area contributed by atoms with Crippen molar-refractivity contribution in [3.05, 3.63) is 58.6 Å². The fourth-order valence-corrected chi connectivity index (χ4v) is 1.85. The summed E-state index contributed by atoms with van der Waals surface area (Å²) in [6, 6.07) is 11.0. The Bertz CT molecular complexity index is 595. The number of benzene rings is 1. The van der Waals surface area contributed by atoms with Gasteiger partial charge in [0.2, 0.25) is 11.2 Å². The predicted octanol–water partition coefficient (Wildman–Crippen LogP) is 3.62. The zero-order chi connectivity index (χ0) is 14.9. The van der Waals surface area contributed by atoms with Crippen molar-refractivity contribution in [2.45, 2.75) is 18.7 Å². The van der Waals surface area contributed by atoms with Crippen LogP contribution in [0, 0.1) is 0 Å². The Balaban J connectivity index is 1.65. The highest BCUT2D eigenvalue weighted by atomic mass is 35.5. The molecular formula is C16H17ClO4. The van der Waals surface area contributed by atoms with Crippen molar-refractivity contribution in [2.24, 2.45) is 0 Å². The fourth-order valence-electron chi connectivity index (χ4n) is 1.71. The molecule has 1 aromatic carbocycles. The van der Waals surface area contributed by atoms with Crippen LogP contribution in [-0.4, -0.2) is 13.2 Å². The topological polar surface area (TPSA) is 48.7 Å². The normalized spacial score (nSPS) is 10.3. The molecule has 0 aliphatic heterocycles. The van der Waals surface area contributed by atoms with Crippen molar-refractivity contribution < 1.29 is 13.9 Å². The summed E-state index contributed by atoms with van der Waals surface area (Å²) >= 11 is 5.58. The first-order chi connectivity index (χ1) is 10.3. The second-order valence-corrected chi connectivity index (χ2v) is 4.69. The van der Waals surface area contributed by atoms with Crippen molar-refractivity contribution >= 4 is 11.6 Å². The standard InChI is InChI=1S/C16H17ClO4/c17-11-14-10-15(18)16(12-21-14)20-9-5-4-8-19-13-6-2-1-3-7-13/h1-3,6-7,10,12H,4-5,8-9,11H2. The summed E-state index contributed by atoms with van der Waals surface area (Å²) < 4.78 is 16.1. The largest absolute Gasteiger partial charge is 0.494 e. The zero-order valence-electron chi connectivity index (χ0n) is 11.6. The van der Waals surface area contributed by atoms with E-state index in [9.17, 15) is 4.79 Å². The van der Waals surface area contributed by atoms with Gasteiger partial charge in [-0.2, -0.15) is 0 Å². The van der Waals surface area contributed by atoms with E-state index < -0.39 is 0 Å². The van der Waals surface area contributed by atoms with E-state index in [2.05, 4.69) is 0 Å². The van der Waals surface area contributed by atoms with Gasteiger partial charge in [0.15, 0.2) is 0 Å². The van der Waals surface area contributed by atoms with Crippen LogP contribution in [0.3, 0.4) is 0 Å². The van der Waals surface area contributed by atoms with Crippen LogP contribution in [-0.2, 0) is 5.88 Å². The summed E-state index contributed by atoms with van der Waals surface area (Å²) in [5, 5.41) is 0. The maximum atomic E-state index is 11.6. The maximum absolute atomic E-state index is 11.6. The molecule has 0 atom stereocenters. The molecule has 0 aliphatic rings. The van der Waals surface area contributed by atoms with Crippen LogP contribution in [0.1, 0.15) is 18.6 Å².